The quantitative estimate of drug-likeness (QED) is 0.176. The predicted molar refractivity (Wildman–Crippen MR) is 183 cm³/mol. The van der Waals surface area contributed by atoms with Crippen LogP contribution in [0.3, 0.4) is 0 Å². The van der Waals surface area contributed by atoms with Gasteiger partial charge in [-0.05, 0) is 53.3 Å². The van der Waals surface area contributed by atoms with Gasteiger partial charge in [-0.25, -0.2) is 9.48 Å². The van der Waals surface area contributed by atoms with Crippen LogP contribution in [-0.4, -0.2) is 81.3 Å². The zero-order valence-corrected chi connectivity index (χ0v) is 26.8. The Morgan fingerprint density at radius 3 is 1.96 bits per heavy atom. The molecular weight excluding hydrogens is 618 g/mol. The van der Waals surface area contributed by atoms with Crippen molar-refractivity contribution in [2.45, 2.75) is 56.8 Å². The van der Waals surface area contributed by atoms with Gasteiger partial charge in [0.05, 0.1) is 30.0 Å². The molecule has 0 radical (unpaired) electrons. The van der Waals surface area contributed by atoms with Gasteiger partial charge in [-0.3, -0.25) is 9.89 Å². The molecule has 3 heterocycles. The van der Waals surface area contributed by atoms with Crippen LogP contribution in [0.25, 0.3) is 10.9 Å². The Morgan fingerprint density at radius 2 is 1.35 bits per heavy atom. The molecule has 1 fully saturated rings. The average molecular weight is 656 g/mol. The lowest BCUT2D eigenvalue weighted by Crippen LogP contribution is -2.50. The number of urea groups is 1. The molecule has 4 aromatic carbocycles. The Labute approximate surface area is 283 Å². The molecular formula is C38H37N7O4. The second-order valence-electron chi connectivity index (χ2n) is 12.5. The number of benzene rings is 4. The molecule has 1 aliphatic heterocycles. The number of nitrogens with one attached hydrogen (secondary N) is 1. The van der Waals surface area contributed by atoms with Crippen molar-refractivity contribution in [2.75, 3.05) is 0 Å². The number of carbonyl (C=O) groups is 2. The van der Waals surface area contributed by atoms with E-state index in [-0.39, 0.29) is 31.4 Å². The fourth-order valence-electron chi connectivity index (χ4n) is 6.70. The zero-order chi connectivity index (χ0) is 33.7. The summed E-state index contributed by atoms with van der Waals surface area (Å²) >= 11 is 0. The van der Waals surface area contributed by atoms with Crippen molar-refractivity contribution in [3.05, 3.63) is 150 Å². The normalized spacial score (nSPS) is 19.7. The number of nitrogens with zero attached hydrogens (tertiary/aromatic N) is 6. The molecule has 3 N–H and O–H groups in total. The Bertz CT molecular complexity index is 2020. The number of hydrogen-bond donors (Lipinski definition) is 3. The largest absolute Gasteiger partial charge is 0.388 e. The van der Waals surface area contributed by atoms with Crippen molar-refractivity contribution in [1.82, 2.24) is 35.0 Å². The van der Waals surface area contributed by atoms with Crippen LogP contribution in [0.1, 0.15) is 32.6 Å². The second-order valence-corrected chi connectivity index (χ2v) is 12.5. The number of H-pyrrole nitrogens is 1. The molecule has 0 spiro atoms. The van der Waals surface area contributed by atoms with E-state index in [9.17, 15) is 15.0 Å². The standard InChI is InChI=1S/C38H37N7O4/c46-35(25-43-17-16-39-42-43)30-13-7-12-28(18-30)23-44-33(20-26-8-3-1-4-9-26)36(47)37(48)34(21-27-10-5-2-6-11-27)45(38(44)49)24-29-14-15-32-31(19-29)22-40-41-32/h1-19,22,33-34,36-37,47-48H,20-21,23-25H2,(H,40,41)/t33-,34-,36+,37+/m1/s1. The van der Waals surface area contributed by atoms with E-state index in [1.165, 1.54) is 10.9 Å². The van der Waals surface area contributed by atoms with E-state index in [2.05, 4.69) is 20.5 Å². The molecule has 0 aliphatic carbocycles. The van der Waals surface area contributed by atoms with Crippen molar-refractivity contribution >= 4 is 22.7 Å². The molecule has 2 aromatic heterocycles. The van der Waals surface area contributed by atoms with Crippen LogP contribution in [0.15, 0.2) is 122 Å². The molecule has 0 bridgehead atoms. The lowest BCUT2D eigenvalue weighted by Gasteiger charge is -2.36. The maximum atomic E-state index is 15.0. The number of Topliss-reactive ketones (excluding diaryl/α,β-unsaturated/α-hetero) is 1. The monoisotopic (exact) mass is 655 g/mol. The Kier molecular flexibility index (Phi) is 9.27. The zero-order valence-electron chi connectivity index (χ0n) is 26.8. The van der Waals surface area contributed by atoms with E-state index in [1.807, 2.05) is 84.9 Å². The number of fused-ring (bicyclic) bond motifs is 1. The molecule has 11 nitrogen and oxygen atoms in total. The first-order valence-corrected chi connectivity index (χ1v) is 16.3. The van der Waals surface area contributed by atoms with Crippen LogP contribution >= 0.6 is 0 Å². The third-order valence-corrected chi connectivity index (χ3v) is 9.24. The number of amides is 2. The van der Waals surface area contributed by atoms with Gasteiger partial charge in [0.1, 0.15) is 18.8 Å². The van der Waals surface area contributed by atoms with Crippen LogP contribution in [0.2, 0.25) is 0 Å². The first-order chi connectivity index (χ1) is 23.9. The summed E-state index contributed by atoms with van der Waals surface area (Å²) in [5.41, 5.74) is 4.80. The van der Waals surface area contributed by atoms with Gasteiger partial charge in [0.25, 0.3) is 0 Å². The first kappa shape index (κ1) is 31.9. The summed E-state index contributed by atoms with van der Waals surface area (Å²) in [6, 6.07) is 30.6. The molecule has 1 aliphatic rings. The smallest absolute Gasteiger partial charge is 0.321 e. The highest BCUT2D eigenvalue weighted by Crippen LogP contribution is 2.30. The molecule has 1 saturated heterocycles. The summed E-state index contributed by atoms with van der Waals surface area (Å²) in [5.74, 6) is -0.148. The Morgan fingerprint density at radius 1 is 0.735 bits per heavy atom. The van der Waals surface area contributed by atoms with E-state index in [0.29, 0.717) is 18.4 Å². The fraction of sp³-hybridized carbons (Fsp3) is 0.237. The molecule has 248 valence electrons. The number of aliphatic hydroxyl groups is 2. The van der Waals surface area contributed by atoms with Gasteiger partial charge in [-0.1, -0.05) is 90.1 Å². The summed E-state index contributed by atoms with van der Waals surface area (Å²) in [5, 5.41) is 39.7. The third-order valence-electron chi connectivity index (χ3n) is 9.24. The summed E-state index contributed by atoms with van der Waals surface area (Å²) in [4.78, 5) is 31.5. The molecule has 49 heavy (non-hydrogen) atoms. The number of aliphatic hydroxyl groups excluding tert-OH is 2. The number of hydrogen-bond acceptors (Lipinski definition) is 7. The van der Waals surface area contributed by atoms with Gasteiger partial charge < -0.3 is 20.0 Å². The van der Waals surface area contributed by atoms with Crippen LogP contribution in [-0.2, 0) is 32.5 Å². The van der Waals surface area contributed by atoms with Gasteiger partial charge in [0.15, 0.2) is 5.78 Å². The molecule has 0 unspecified atom stereocenters. The molecule has 7 rings (SSSR count). The summed E-state index contributed by atoms with van der Waals surface area (Å²) in [6.45, 7) is 0.343. The number of ketones is 1. The van der Waals surface area contributed by atoms with Crippen molar-refractivity contribution in [3.8, 4) is 0 Å². The molecule has 0 saturated carbocycles. The maximum absolute atomic E-state index is 15.0. The van der Waals surface area contributed by atoms with Crippen LogP contribution in [0, 0.1) is 0 Å². The number of rotatable bonds is 11. The van der Waals surface area contributed by atoms with Gasteiger partial charge in [0, 0.05) is 30.2 Å². The van der Waals surface area contributed by atoms with Crippen molar-refractivity contribution in [1.29, 1.82) is 0 Å². The van der Waals surface area contributed by atoms with E-state index >= 15 is 4.79 Å². The number of aromatic nitrogens is 5. The van der Waals surface area contributed by atoms with Crippen LogP contribution < -0.4 is 0 Å². The van der Waals surface area contributed by atoms with Crippen LogP contribution in [0.5, 0.6) is 0 Å². The lowest BCUT2D eigenvalue weighted by atomic mass is 9.90. The summed E-state index contributed by atoms with van der Waals surface area (Å²) < 4.78 is 1.46. The van der Waals surface area contributed by atoms with E-state index in [0.717, 1.165) is 33.2 Å². The molecule has 11 heteroatoms. The lowest BCUT2D eigenvalue weighted by molar-refractivity contribution is -0.0408. The van der Waals surface area contributed by atoms with Gasteiger partial charge in [0.2, 0.25) is 0 Å². The molecule has 6 aromatic rings. The van der Waals surface area contributed by atoms with Gasteiger partial charge in [-0.15, -0.1) is 5.10 Å². The maximum Gasteiger partial charge on any atom is 0.321 e. The topological polar surface area (TPSA) is 140 Å². The Hall–Kier alpha value is -5.65. The second kappa shape index (κ2) is 14.2. The SMILES string of the molecule is O=C(Cn1ccnn1)c1cccc(CN2C(=O)N(Cc3ccc4[nH]ncc4c3)[C@H](Cc3ccccc3)[C@H](O)[C@@H](O)[C@H]2Cc2ccccc2)c1. The summed E-state index contributed by atoms with van der Waals surface area (Å²) in [7, 11) is 0. The minimum atomic E-state index is -1.27. The highest BCUT2D eigenvalue weighted by molar-refractivity contribution is 5.96. The Balaban J connectivity index is 1.28. The highest BCUT2D eigenvalue weighted by Gasteiger charge is 2.46. The van der Waals surface area contributed by atoms with E-state index in [4.69, 9.17) is 0 Å². The van der Waals surface area contributed by atoms with E-state index < -0.39 is 24.3 Å². The number of carbonyl (C=O) groups excluding carboxylic acids is 2. The van der Waals surface area contributed by atoms with Crippen molar-refractivity contribution in [3.63, 3.8) is 0 Å². The van der Waals surface area contributed by atoms with Gasteiger partial charge in [-0.2, -0.15) is 5.10 Å². The third kappa shape index (κ3) is 7.13. The van der Waals surface area contributed by atoms with Crippen molar-refractivity contribution in [2.24, 2.45) is 0 Å². The fourth-order valence-corrected chi connectivity index (χ4v) is 6.70. The predicted octanol–water partition coefficient (Wildman–Crippen LogP) is 4.42. The first-order valence-electron chi connectivity index (χ1n) is 16.3. The van der Waals surface area contributed by atoms with Crippen molar-refractivity contribution < 1.29 is 19.8 Å². The molecule has 2 amide bonds. The van der Waals surface area contributed by atoms with Gasteiger partial charge >= 0.3 is 6.03 Å². The van der Waals surface area contributed by atoms with Crippen LogP contribution in [0.4, 0.5) is 4.79 Å². The summed E-state index contributed by atoms with van der Waals surface area (Å²) in [6.07, 6.45) is 3.03. The average Bonchev–Trinajstić information content (AvgIpc) is 3.82. The van der Waals surface area contributed by atoms with E-state index in [1.54, 1.807) is 40.4 Å². The minimum Gasteiger partial charge on any atom is -0.388 e. The molecule has 4 atom stereocenters. The highest BCUT2D eigenvalue weighted by atomic mass is 16.3. The number of aromatic amines is 1. The minimum absolute atomic E-state index is 0.0313.